The van der Waals surface area contributed by atoms with Gasteiger partial charge in [0, 0.05) is 13.8 Å². The summed E-state index contributed by atoms with van der Waals surface area (Å²) in [6, 6.07) is 0. The van der Waals surface area contributed by atoms with E-state index in [2.05, 4.69) is 0 Å². The second-order valence-corrected chi connectivity index (χ2v) is 2.95. The van der Waals surface area contributed by atoms with Crippen LogP contribution in [0.25, 0.3) is 0 Å². The number of hydrogen-bond donors (Lipinski definition) is 2. The van der Waals surface area contributed by atoms with Crippen LogP contribution in [-0.2, 0) is 9.59 Å². The van der Waals surface area contributed by atoms with Gasteiger partial charge < -0.3 is 10.2 Å². The molecule has 1 rings (SSSR count). The highest BCUT2D eigenvalue weighted by Crippen LogP contribution is 2.16. The molecule has 13 heavy (non-hydrogen) atoms. The number of nitrogens with zero attached hydrogens (tertiary/aromatic N) is 2. The number of rotatable bonds is 0. The monoisotopic (exact) mass is 188 g/mol. The SMILES string of the molecule is CC(=O)N1CN(C(C)=O)C(O)C1O. The summed E-state index contributed by atoms with van der Waals surface area (Å²) in [6.45, 7) is 2.46. The third-order valence-corrected chi connectivity index (χ3v) is 2.02. The molecule has 0 bridgehead atoms. The number of carbonyl (C=O) groups is 2. The molecule has 0 aromatic rings. The highest BCUT2D eigenvalue weighted by molar-refractivity contribution is 5.77. The molecule has 0 aliphatic carbocycles. The van der Waals surface area contributed by atoms with Gasteiger partial charge in [-0.15, -0.1) is 0 Å². The van der Waals surface area contributed by atoms with Crippen LogP contribution in [0.15, 0.2) is 0 Å². The summed E-state index contributed by atoms with van der Waals surface area (Å²) in [4.78, 5) is 23.8. The molecule has 6 nitrogen and oxygen atoms in total. The van der Waals surface area contributed by atoms with Gasteiger partial charge in [0.2, 0.25) is 11.8 Å². The highest BCUT2D eigenvalue weighted by atomic mass is 16.4. The molecule has 74 valence electrons. The topological polar surface area (TPSA) is 81.1 Å². The van der Waals surface area contributed by atoms with Gasteiger partial charge in [0.25, 0.3) is 0 Å². The van der Waals surface area contributed by atoms with E-state index in [-0.39, 0.29) is 18.5 Å². The molecule has 0 spiro atoms. The molecule has 2 atom stereocenters. The average Bonchev–Trinajstić information content (AvgIpc) is 2.29. The first-order valence-corrected chi connectivity index (χ1v) is 3.85. The number of carbonyl (C=O) groups excluding carboxylic acids is 2. The minimum Gasteiger partial charge on any atom is -0.369 e. The molecule has 2 amide bonds. The summed E-state index contributed by atoms with van der Waals surface area (Å²) < 4.78 is 0. The summed E-state index contributed by atoms with van der Waals surface area (Å²) in [5, 5.41) is 18.6. The molecule has 0 saturated carbocycles. The van der Waals surface area contributed by atoms with Crippen molar-refractivity contribution < 1.29 is 19.8 Å². The summed E-state index contributed by atoms with van der Waals surface area (Å²) in [6.07, 6.45) is -2.64. The minimum absolute atomic E-state index is 0.0625. The van der Waals surface area contributed by atoms with Gasteiger partial charge in [-0.3, -0.25) is 19.4 Å². The Morgan fingerprint density at radius 2 is 1.38 bits per heavy atom. The lowest BCUT2D eigenvalue weighted by Gasteiger charge is -2.17. The summed E-state index contributed by atoms with van der Waals surface area (Å²) >= 11 is 0. The van der Waals surface area contributed by atoms with Gasteiger partial charge in [0.15, 0.2) is 12.5 Å². The Labute approximate surface area is 75.4 Å². The maximum absolute atomic E-state index is 10.9. The molecule has 0 aromatic carbocycles. The van der Waals surface area contributed by atoms with Crippen LogP contribution in [0, 0.1) is 0 Å². The quantitative estimate of drug-likeness (QED) is 0.474. The molecule has 1 heterocycles. The van der Waals surface area contributed by atoms with Gasteiger partial charge in [-0.05, 0) is 0 Å². The van der Waals surface area contributed by atoms with Gasteiger partial charge in [-0.25, -0.2) is 0 Å². The molecule has 6 heteroatoms. The highest BCUT2D eigenvalue weighted by Gasteiger charge is 2.40. The molecule has 1 saturated heterocycles. The number of hydrogen-bond acceptors (Lipinski definition) is 4. The maximum atomic E-state index is 10.9. The fraction of sp³-hybridized carbons (Fsp3) is 0.714. The molecule has 2 unspecified atom stereocenters. The third kappa shape index (κ3) is 1.63. The predicted octanol–water partition coefficient (Wildman–Crippen LogP) is -1.71. The van der Waals surface area contributed by atoms with Crippen molar-refractivity contribution in [2.75, 3.05) is 6.67 Å². The first kappa shape index (κ1) is 9.94. The average molecular weight is 188 g/mol. The van der Waals surface area contributed by atoms with Crippen molar-refractivity contribution in [1.29, 1.82) is 0 Å². The van der Waals surface area contributed by atoms with Crippen molar-refractivity contribution in [2.45, 2.75) is 26.3 Å². The zero-order chi connectivity index (χ0) is 10.2. The first-order valence-electron chi connectivity index (χ1n) is 3.85. The van der Waals surface area contributed by atoms with Crippen LogP contribution in [0.5, 0.6) is 0 Å². The van der Waals surface area contributed by atoms with E-state index >= 15 is 0 Å². The van der Waals surface area contributed by atoms with Crippen molar-refractivity contribution in [2.24, 2.45) is 0 Å². The van der Waals surface area contributed by atoms with Crippen LogP contribution in [-0.4, -0.2) is 51.0 Å². The zero-order valence-electron chi connectivity index (χ0n) is 7.47. The van der Waals surface area contributed by atoms with Gasteiger partial charge in [-0.2, -0.15) is 0 Å². The number of aliphatic hydroxyl groups is 2. The number of aliphatic hydroxyl groups excluding tert-OH is 2. The Kier molecular flexibility index (Phi) is 2.53. The summed E-state index contributed by atoms with van der Waals surface area (Å²) in [5.74, 6) is -0.759. The predicted molar refractivity (Wildman–Crippen MR) is 41.9 cm³/mol. The molecule has 1 fully saturated rings. The van der Waals surface area contributed by atoms with E-state index in [4.69, 9.17) is 0 Å². The molecular weight excluding hydrogens is 176 g/mol. The molecule has 1 aliphatic rings. The van der Waals surface area contributed by atoms with Crippen LogP contribution in [0.3, 0.4) is 0 Å². The largest absolute Gasteiger partial charge is 0.369 e. The molecule has 0 aromatic heterocycles. The van der Waals surface area contributed by atoms with Gasteiger partial charge in [0.05, 0.1) is 0 Å². The van der Waals surface area contributed by atoms with Gasteiger partial charge in [-0.1, -0.05) is 0 Å². The lowest BCUT2D eigenvalue weighted by atomic mass is 10.4. The van der Waals surface area contributed by atoms with Gasteiger partial charge in [0.1, 0.15) is 6.67 Å². The zero-order valence-corrected chi connectivity index (χ0v) is 7.47. The second-order valence-electron chi connectivity index (χ2n) is 2.95. The van der Waals surface area contributed by atoms with E-state index in [0.717, 1.165) is 9.80 Å². The Bertz CT molecular complexity index is 219. The van der Waals surface area contributed by atoms with Crippen molar-refractivity contribution >= 4 is 11.8 Å². The van der Waals surface area contributed by atoms with E-state index in [1.165, 1.54) is 13.8 Å². The van der Waals surface area contributed by atoms with Gasteiger partial charge >= 0.3 is 0 Å². The second kappa shape index (κ2) is 3.31. The van der Waals surface area contributed by atoms with Crippen molar-refractivity contribution in [3.8, 4) is 0 Å². The van der Waals surface area contributed by atoms with Crippen LogP contribution in [0.4, 0.5) is 0 Å². The van der Waals surface area contributed by atoms with E-state index < -0.39 is 12.5 Å². The minimum atomic E-state index is -1.32. The van der Waals surface area contributed by atoms with Crippen molar-refractivity contribution in [3.63, 3.8) is 0 Å². The summed E-state index contributed by atoms with van der Waals surface area (Å²) in [7, 11) is 0. The molecular formula is C7H12N2O4. The Morgan fingerprint density at radius 3 is 1.54 bits per heavy atom. The van der Waals surface area contributed by atoms with Crippen molar-refractivity contribution in [3.05, 3.63) is 0 Å². The Hall–Kier alpha value is -1.14. The van der Waals surface area contributed by atoms with E-state index in [0.29, 0.717) is 0 Å². The van der Waals surface area contributed by atoms with Crippen molar-refractivity contribution in [1.82, 2.24) is 9.80 Å². The molecule has 0 radical (unpaired) electrons. The maximum Gasteiger partial charge on any atom is 0.223 e. The lowest BCUT2D eigenvalue weighted by Crippen LogP contribution is -2.39. The fourth-order valence-electron chi connectivity index (χ4n) is 1.23. The normalized spacial score (nSPS) is 28.0. The van der Waals surface area contributed by atoms with Crippen LogP contribution >= 0.6 is 0 Å². The molecule has 2 N–H and O–H groups in total. The lowest BCUT2D eigenvalue weighted by molar-refractivity contribution is -0.143. The van der Waals surface area contributed by atoms with Crippen LogP contribution in [0.2, 0.25) is 0 Å². The first-order chi connectivity index (χ1) is 5.95. The molecule has 1 aliphatic heterocycles. The van der Waals surface area contributed by atoms with Crippen LogP contribution in [0.1, 0.15) is 13.8 Å². The fourth-order valence-corrected chi connectivity index (χ4v) is 1.23. The smallest absolute Gasteiger partial charge is 0.223 e. The standard InChI is InChI=1S/C7H12N2O4/c1-4(10)8-3-9(5(2)11)7(13)6(8)12/h6-7,12-13H,3H2,1-2H3. The van der Waals surface area contributed by atoms with E-state index in [1.54, 1.807) is 0 Å². The van der Waals surface area contributed by atoms with E-state index in [1.807, 2.05) is 0 Å². The summed E-state index contributed by atoms with van der Waals surface area (Å²) in [5.41, 5.74) is 0. The van der Waals surface area contributed by atoms with E-state index in [9.17, 15) is 19.8 Å². The van der Waals surface area contributed by atoms with Crippen LogP contribution < -0.4 is 0 Å². The third-order valence-electron chi connectivity index (χ3n) is 2.02. The Balaban J connectivity index is 2.78. The number of amides is 2. The Morgan fingerprint density at radius 1 is 1.08 bits per heavy atom.